The molecular weight excluding hydrogens is 388 g/mol. The fraction of sp³-hybridized carbons (Fsp3) is 0.409. The molecule has 7 heteroatoms. The Labute approximate surface area is 172 Å². The Hall–Kier alpha value is -2.38. The highest BCUT2D eigenvalue weighted by molar-refractivity contribution is 7.89. The summed E-state index contributed by atoms with van der Waals surface area (Å²) < 4.78 is 32.7. The van der Waals surface area contributed by atoms with E-state index >= 15 is 0 Å². The summed E-state index contributed by atoms with van der Waals surface area (Å²) >= 11 is 0. The molecule has 0 bridgehead atoms. The number of carbonyl (C=O) groups is 1. The SMILES string of the molecule is Cc1ccc(S(=O)(=O)N2CCC(C(=O)N[C@@H](C)COc3ccccc3)CC2)cc1. The van der Waals surface area contributed by atoms with Gasteiger partial charge >= 0.3 is 0 Å². The first-order valence-electron chi connectivity index (χ1n) is 9.91. The number of benzene rings is 2. The van der Waals surface area contributed by atoms with Crippen molar-refractivity contribution >= 4 is 15.9 Å². The first-order chi connectivity index (χ1) is 13.9. The molecule has 1 fully saturated rings. The molecule has 0 aliphatic carbocycles. The molecule has 1 aliphatic rings. The third-order valence-electron chi connectivity index (χ3n) is 5.12. The van der Waals surface area contributed by atoms with E-state index in [4.69, 9.17) is 4.74 Å². The summed E-state index contributed by atoms with van der Waals surface area (Å²) in [6.45, 7) is 4.91. The molecule has 1 heterocycles. The zero-order valence-electron chi connectivity index (χ0n) is 16.9. The Morgan fingerprint density at radius 2 is 1.72 bits per heavy atom. The van der Waals surface area contributed by atoms with Crippen molar-refractivity contribution in [2.24, 2.45) is 5.92 Å². The highest BCUT2D eigenvalue weighted by Gasteiger charge is 2.32. The molecule has 29 heavy (non-hydrogen) atoms. The van der Waals surface area contributed by atoms with Crippen LogP contribution in [0.25, 0.3) is 0 Å². The van der Waals surface area contributed by atoms with Crippen molar-refractivity contribution in [3.63, 3.8) is 0 Å². The van der Waals surface area contributed by atoms with Gasteiger partial charge in [0.25, 0.3) is 0 Å². The molecule has 0 radical (unpaired) electrons. The Bertz CT molecular complexity index is 906. The lowest BCUT2D eigenvalue weighted by atomic mass is 9.97. The van der Waals surface area contributed by atoms with Gasteiger partial charge in [-0.3, -0.25) is 4.79 Å². The van der Waals surface area contributed by atoms with Crippen LogP contribution < -0.4 is 10.1 Å². The maximum atomic E-state index is 12.8. The van der Waals surface area contributed by atoms with Gasteiger partial charge in [-0.25, -0.2) is 8.42 Å². The molecule has 1 aliphatic heterocycles. The third kappa shape index (κ3) is 5.58. The minimum atomic E-state index is -3.51. The number of rotatable bonds is 7. The third-order valence-corrected chi connectivity index (χ3v) is 7.03. The topological polar surface area (TPSA) is 75.7 Å². The predicted octanol–water partition coefficient (Wildman–Crippen LogP) is 2.98. The van der Waals surface area contributed by atoms with Crippen molar-refractivity contribution in [1.29, 1.82) is 0 Å². The lowest BCUT2D eigenvalue weighted by Gasteiger charge is -2.31. The largest absolute Gasteiger partial charge is 0.491 e. The van der Waals surface area contributed by atoms with Crippen molar-refractivity contribution in [3.8, 4) is 5.75 Å². The first-order valence-corrected chi connectivity index (χ1v) is 11.4. The summed E-state index contributed by atoms with van der Waals surface area (Å²) in [5.41, 5.74) is 1.02. The monoisotopic (exact) mass is 416 g/mol. The number of para-hydroxylation sites is 1. The van der Waals surface area contributed by atoms with Gasteiger partial charge in [0.1, 0.15) is 12.4 Å². The van der Waals surface area contributed by atoms with Crippen LogP contribution in [0.1, 0.15) is 25.3 Å². The quantitative estimate of drug-likeness (QED) is 0.753. The number of piperidine rings is 1. The van der Waals surface area contributed by atoms with E-state index < -0.39 is 10.0 Å². The van der Waals surface area contributed by atoms with E-state index in [1.165, 1.54) is 4.31 Å². The molecule has 0 aromatic heterocycles. The summed E-state index contributed by atoms with van der Waals surface area (Å²) in [7, 11) is -3.51. The van der Waals surface area contributed by atoms with Crippen LogP contribution in [-0.4, -0.2) is 44.4 Å². The van der Waals surface area contributed by atoms with E-state index in [0.717, 1.165) is 11.3 Å². The standard InChI is InChI=1S/C22H28N2O4S/c1-17-8-10-21(11-9-17)29(26,27)24-14-12-19(13-15-24)22(25)23-18(2)16-28-20-6-4-3-5-7-20/h3-11,18-19H,12-16H2,1-2H3,(H,23,25)/t18-/m0/s1. The number of nitrogens with one attached hydrogen (secondary N) is 1. The zero-order chi connectivity index (χ0) is 20.9. The van der Waals surface area contributed by atoms with E-state index in [2.05, 4.69) is 5.32 Å². The van der Waals surface area contributed by atoms with Gasteiger partial charge in [-0.05, 0) is 51.0 Å². The average molecular weight is 417 g/mol. The number of hydrogen-bond acceptors (Lipinski definition) is 4. The van der Waals surface area contributed by atoms with E-state index in [1.807, 2.05) is 44.2 Å². The summed E-state index contributed by atoms with van der Waals surface area (Å²) in [6.07, 6.45) is 1.03. The molecule has 6 nitrogen and oxygen atoms in total. The van der Waals surface area contributed by atoms with Crippen molar-refractivity contribution in [1.82, 2.24) is 9.62 Å². The number of nitrogens with zero attached hydrogens (tertiary/aromatic N) is 1. The minimum absolute atomic E-state index is 0.0402. The molecule has 0 unspecified atom stereocenters. The number of sulfonamides is 1. The second kappa shape index (κ2) is 9.41. The maximum Gasteiger partial charge on any atom is 0.243 e. The number of ether oxygens (including phenoxy) is 1. The minimum Gasteiger partial charge on any atom is -0.491 e. The summed E-state index contributed by atoms with van der Waals surface area (Å²) in [5.74, 6) is 0.545. The fourth-order valence-electron chi connectivity index (χ4n) is 3.36. The number of aryl methyl sites for hydroxylation is 1. The van der Waals surface area contributed by atoms with Crippen molar-refractivity contribution in [2.45, 2.75) is 37.6 Å². The fourth-order valence-corrected chi connectivity index (χ4v) is 4.83. The Morgan fingerprint density at radius 3 is 2.34 bits per heavy atom. The normalized spacial score (nSPS) is 16.9. The molecule has 0 spiro atoms. The van der Waals surface area contributed by atoms with E-state index in [9.17, 15) is 13.2 Å². The first kappa shape index (κ1) is 21.3. The van der Waals surface area contributed by atoms with Crippen LogP contribution in [0.5, 0.6) is 5.75 Å². The van der Waals surface area contributed by atoms with Gasteiger partial charge in [-0.1, -0.05) is 35.9 Å². The van der Waals surface area contributed by atoms with Crippen LogP contribution in [0.15, 0.2) is 59.5 Å². The van der Waals surface area contributed by atoms with Crippen LogP contribution >= 0.6 is 0 Å². The molecule has 156 valence electrons. The predicted molar refractivity (Wildman–Crippen MR) is 112 cm³/mol. The smallest absolute Gasteiger partial charge is 0.243 e. The molecule has 1 saturated heterocycles. The lowest BCUT2D eigenvalue weighted by molar-refractivity contribution is -0.126. The molecule has 1 N–H and O–H groups in total. The number of amides is 1. The van der Waals surface area contributed by atoms with Crippen molar-refractivity contribution < 1.29 is 17.9 Å². The zero-order valence-corrected chi connectivity index (χ0v) is 17.7. The van der Waals surface area contributed by atoms with Crippen molar-refractivity contribution in [3.05, 3.63) is 60.2 Å². The maximum absolute atomic E-state index is 12.8. The van der Waals surface area contributed by atoms with Gasteiger partial charge in [-0.15, -0.1) is 0 Å². The van der Waals surface area contributed by atoms with Gasteiger partial charge in [-0.2, -0.15) is 4.31 Å². The number of hydrogen-bond donors (Lipinski definition) is 1. The molecule has 1 amide bonds. The van der Waals surface area contributed by atoms with Crippen molar-refractivity contribution in [2.75, 3.05) is 19.7 Å². The second-order valence-electron chi connectivity index (χ2n) is 7.53. The van der Waals surface area contributed by atoms with E-state index in [0.29, 0.717) is 37.4 Å². The summed E-state index contributed by atoms with van der Waals surface area (Å²) in [4.78, 5) is 12.9. The number of carbonyl (C=O) groups excluding carboxylic acids is 1. The second-order valence-corrected chi connectivity index (χ2v) is 9.46. The molecule has 2 aromatic carbocycles. The van der Waals surface area contributed by atoms with Gasteiger partial charge < -0.3 is 10.1 Å². The Kier molecular flexibility index (Phi) is 6.92. The average Bonchev–Trinajstić information content (AvgIpc) is 2.73. The lowest BCUT2D eigenvalue weighted by Crippen LogP contribution is -2.45. The molecule has 2 aromatic rings. The molecule has 3 rings (SSSR count). The van der Waals surface area contributed by atoms with Crippen LogP contribution in [0.4, 0.5) is 0 Å². The van der Waals surface area contributed by atoms with Gasteiger partial charge in [0.05, 0.1) is 10.9 Å². The highest BCUT2D eigenvalue weighted by atomic mass is 32.2. The Balaban J connectivity index is 1.48. The van der Waals surface area contributed by atoms with Crippen LogP contribution in [0, 0.1) is 12.8 Å². The van der Waals surface area contributed by atoms with Gasteiger partial charge in [0.2, 0.25) is 15.9 Å². The van der Waals surface area contributed by atoms with Crippen LogP contribution in [-0.2, 0) is 14.8 Å². The highest BCUT2D eigenvalue weighted by Crippen LogP contribution is 2.24. The Morgan fingerprint density at radius 1 is 1.10 bits per heavy atom. The summed E-state index contributed by atoms with van der Waals surface area (Å²) in [5, 5.41) is 2.98. The van der Waals surface area contributed by atoms with Crippen LogP contribution in [0.3, 0.4) is 0 Å². The molecule has 0 saturated carbocycles. The molecule has 1 atom stereocenters. The summed E-state index contributed by atoms with van der Waals surface area (Å²) in [6, 6.07) is 16.2. The molecular formula is C22H28N2O4S. The van der Waals surface area contributed by atoms with Crippen LogP contribution in [0.2, 0.25) is 0 Å². The van der Waals surface area contributed by atoms with Gasteiger partial charge in [0.15, 0.2) is 0 Å². The van der Waals surface area contributed by atoms with E-state index in [1.54, 1.807) is 24.3 Å². The van der Waals surface area contributed by atoms with E-state index in [-0.39, 0.29) is 17.9 Å². The van der Waals surface area contributed by atoms with Gasteiger partial charge in [0, 0.05) is 19.0 Å².